The van der Waals surface area contributed by atoms with Crippen LogP contribution in [-0.4, -0.2) is 22.9 Å². The lowest BCUT2D eigenvalue weighted by Crippen LogP contribution is -2.15. The van der Waals surface area contributed by atoms with Crippen molar-refractivity contribution in [2.45, 2.75) is 0 Å². The van der Waals surface area contributed by atoms with E-state index in [1.807, 2.05) is 0 Å². The van der Waals surface area contributed by atoms with E-state index in [0.29, 0.717) is 11.5 Å². The molecule has 6 nitrogen and oxygen atoms in total. The summed E-state index contributed by atoms with van der Waals surface area (Å²) in [5.74, 6) is 0.537. The number of imidazole rings is 1. The Balaban J connectivity index is 2.92. The minimum atomic E-state index is 0.159. The van der Waals surface area contributed by atoms with Crippen molar-refractivity contribution in [3.8, 4) is 0 Å². The lowest BCUT2D eigenvalue weighted by molar-refractivity contribution is 0.213. The fourth-order valence-electron chi connectivity index (χ4n) is 0.650. The molecule has 0 amide bonds. The molecule has 11 heavy (non-hydrogen) atoms. The Morgan fingerprint density at radius 3 is 3.00 bits per heavy atom. The van der Waals surface area contributed by atoms with Crippen LogP contribution >= 0.6 is 0 Å². The van der Waals surface area contributed by atoms with Gasteiger partial charge in [-0.2, -0.15) is 0 Å². The van der Waals surface area contributed by atoms with Gasteiger partial charge in [0.2, 0.25) is 0 Å². The first-order valence-corrected chi connectivity index (χ1v) is 2.91. The Hall–Kier alpha value is -1.72. The Kier molecular flexibility index (Phi) is 1.95. The number of anilines is 1. The second-order valence-electron chi connectivity index (χ2n) is 1.82. The van der Waals surface area contributed by atoms with Crippen LogP contribution in [0, 0.1) is 0 Å². The average Bonchev–Trinajstić information content (AvgIpc) is 2.36. The summed E-state index contributed by atoms with van der Waals surface area (Å²) in [6.07, 6.45) is 1.43. The van der Waals surface area contributed by atoms with E-state index >= 15 is 0 Å². The predicted octanol–water partition coefficient (Wildman–Crippen LogP) is -0.741. The van der Waals surface area contributed by atoms with E-state index in [1.165, 1.54) is 13.4 Å². The average molecular weight is 155 g/mol. The van der Waals surface area contributed by atoms with Gasteiger partial charge in [0, 0.05) is 0 Å². The summed E-state index contributed by atoms with van der Waals surface area (Å²) in [4.78, 5) is 10.9. The summed E-state index contributed by atoms with van der Waals surface area (Å²) >= 11 is 0. The molecule has 0 saturated heterocycles. The molecule has 0 aromatic carbocycles. The zero-order valence-corrected chi connectivity index (χ0v) is 6.03. The molecular formula is C5H9N5O. The second kappa shape index (κ2) is 2.91. The highest BCUT2D eigenvalue weighted by Crippen LogP contribution is 2.02. The van der Waals surface area contributed by atoms with Crippen LogP contribution in [0.3, 0.4) is 0 Å². The molecule has 60 valence electrons. The Labute approximate surface area is 63.2 Å². The summed E-state index contributed by atoms with van der Waals surface area (Å²) in [5, 5.41) is 3.46. The molecule has 1 aromatic heterocycles. The van der Waals surface area contributed by atoms with Crippen molar-refractivity contribution in [2.24, 2.45) is 10.9 Å². The van der Waals surface area contributed by atoms with Crippen LogP contribution in [0.25, 0.3) is 0 Å². The molecule has 0 unspecified atom stereocenters. The third kappa shape index (κ3) is 1.40. The van der Waals surface area contributed by atoms with E-state index in [1.54, 1.807) is 0 Å². The highest BCUT2D eigenvalue weighted by Gasteiger charge is 2.05. The maximum Gasteiger partial charge on any atom is 0.192 e. The topological polar surface area (TPSA) is 102 Å². The number of hydrogen-bond donors (Lipinski definition) is 3. The molecule has 0 bridgehead atoms. The van der Waals surface area contributed by atoms with Gasteiger partial charge in [-0.1, -0.05) is 5.16 Å². The van der Waals surface area contributed by atoms with Gasteiger partial charge in [0.1, 0.15) is 12.9 Å². The first kappa shape index (κ1) is 7.39. The molecule has 1 aromatic rings. The minimum Gasteiger partial charge on any atom is -0.397 e. The lowest BCUT2D eigenvalue weighted by atomic mass is 10.4. The van der Waals surface area contributed by atoms with E-state index in [2.05, 4.69) is 20.0 Å². The van der Waals surface area contributed by atoms with Crippen molar-refractivity contribution in [3.05, 3.63) is 12.0 Å². The monoisotopic (exact) mass is 155 g/mol. The van der Waals surface area contributed by atoms with Gasteiger partial charge in [0.25, 0.3) is 0 Å². The third-order valence-corrected chi connectivity index (χ3v) is 1.10. The smallest absolute Gasteiger partial charge is 0.192 e. The molecule has 0 saturated carbocycles. The van der Waals surface area contributed by atoms with Crippen molar-refractivity contribution >= 4 is 11.7 Å². The van der Waals surface area contributed by atoms with Crippen LogP contribution in [0.1, 0.15) is 5.69 Å². The first-order valence-electron chi connectivity index (χ1n) is 2.91. The summed E-state index contributed by atoms with van der Waals surface area (Å²) < 4.78 is 0. The predicted molar refractivity (Wildman–Crippen MR) is 40.7 cm³/mol. The Bertz CT molecular complexity index is 266. The Morgan fingerprint density at radius 2 is 2.55 bits per heavy atom. The van der Waals surface area contributed by atoms with Crippen LogP contribution < -0.4 is 11.5 Å². The van der Waals surface area contributed by atoms with Gasteiger partial charge >= 0.3 is 0 Å². The number of oxime groups is 1. The summed E-state index contributed by atoms with van der Waals surface area (Å²) in [6, 6.07) is 0. The van der Waals surface area contributed by atoms with Gasteiger partial charge in [0.15, 0.2) is 11.5 Å². The maximum absolute atomic E-state index is 5.44. The van der Waals surface area contributed by atoms with Crippen molar-refractivity contribution in [1.82, 2.24) is 9.97 Å². The fraction of sp³-hybridized carbons (Fsp3) is 0.200. The van der Waals surface area contributed by atoms with Crippen LogP contribution in [0.15, 0.2) is 11.5 Å². The van der Waals surface area contributed by atoms with E-state index in [-0.39, 0.29) is 5.84 Å². The third-order valence-electron chi connectivity index (χ3n) is 1.10. The zero-order valence-electron chi connectivity index (χ0n) is 6.03. The van der Waals surface area contributed by atoms with Gasteiger partial charge in [0.05, 0.1) is 6.33 Å². The van der Waals surface area contributed by atoms with Crippen molar-refractivity contribution in [1.29, 1.82) is 0 Å². The highest BCUT2D eigenvalue weighted by atomic mass is 16.6. The maximum atomic E-state index is 5.44. The van der Waals surface area contributed by atoms with Crippen LogP contribution in [-0.2, 0) is 4.84 Å². The number of rotatable bonds is 2. The molecule has 0 fully saturated rings. The minimum absolute atomic E-state index is 0.159. The number of nitrogen functional groups attached to an aromatic ring is 1. The van der Waals surface area contributed by atoms with Crippen LogP contribution in [0.5, 0.6) is 0 Å². The first-order chi connectivity index (χ1) is 5.25. The number of aromatic nitrogens is 2. The zero-order chi connectivity index (χ0) is 8.27. The largest absolute Gasteiger partial charge is 0.397 e. The summed E-state index contributed by atoms with van der Waals surface area (Å²) in [7, 11) is 1.40. The lowest BCUT2D eigenvalue weighted by Gasteiger charge is -1.94. The van der Waals surface area contributed by atoms with Gasteiger partial charge in [-0.25, -0.2) is 4.98 Å². The molecule has 0 radical (unpaired) electrons. The molecule has 6 heteroatoms. The van der Waals surface area contributed by atoms with Crippen molar-refractivity contribution in [3.63, 3.8) is 0 Å². The molecule has 0 aliphatic rings. The Morgan fingerprint density at radius 1 is 1.82 bits per heavy atom. The standard InChI is InChI=1S/C5H9N5O/c1-11-10-5(7)3-4(6)9-2-8-3/h2H,6H2,1H3,(H2,7,10)(H,8,9). The number of nitrogens with two attached hydrogens (primary N) is 2. The molecule has 1 heterocycles. The van der Waals surface area contributed by atoms with E-state index in [4.69, 9.17) is 11.5 Å². The number of nitrogens with zero attached hydrogens (tertiary/aromatic N) is 2. The molecule has 0 atom stereocenters. The number of H-pyrrole nitrogens is 1. The quantitative estimate of drug-likeness (QED) is 0.297. The summed E-state index contributed by atoms with van der Waals surface area (Å²) in [5.41, 5.74) is 11.3. The van der Waals surface area contributed by atoms with Crippen molar-refractivity contribution in [2.75, 3.05) is 12.8 Å². The van der Waals surface area contributed by atoms with E-state index in [0.717, 1.165) is 0 Å². The van der Waals surface area contributed by atoms with Gasteiger partial charge < -0.3 is 21.3 Å². The molecular weight excluding hydrogens is 146 g/mol. The van der Waals surface area contributed by atoms with Gasteiger partial charge in [-0.15, -0.1) is 0 Å². The van der Waals surface area contributed by atoms with Gasteiger partial charge in [-0.05, 0) is 0 Å². The number of hydrogen-bond acceptors (Lipinski definition) is 4. The molecule has 0 spiro atoms. The van der Waals surface area contributed by atoms with E-state index < -0.39 is 0 Å². The van der Waals surface area contributed by atoms with Gasteiger partial charge in [-0.3, -0.25) is 0 Å². The van der Waals surface area contributed by atoms with Crippen LogP contribution in [0.4, 0.5) is 5.82 Å². The molecule has 5 N–H and O–H groups in total. The fourth-order valence-corrected chi connectivity index (χ4v) is 0.650. The number of aromatic amines is 1. The number of amidine groups is 1. The van der Waals surface area contributed by atoms with Crippen molar-refractivity contribution < 1.29 is 4.84 Å². The highest BCUT2D eigenvalue weighted by molar-refractivity contribution is 5.99. The number of nitrogens with one attached hydrogen (secondary N) is 1. The SMILES string of the molecule is CON=C(N)c1nc[nH]c1N. The molecule has 1 rings (SSSR count). The molecule has 0 aliphatic heterocycles. The van der Waals surface area contributed by atoms with Crippen LogP contribution in [0.2, 0.25) is 0 Å². The normalized spacial score (nSPS) is 11.5. The molecule has 0 aliphatic carbocycles. The van der Waals surface area contributed by atoms with E-state index in [9.17, 15) is 0 Å². The summed E-state index contributed by atoms with van der Waals surface area (Å²) in [6.45, 7) is 0. The second-order valence-corrected chi connectivity index (χ2v) is 1.82.